The molecule has 0 aromatic heterocycles. The van der Waals surface area contributed by atoms with Crippen LogP contribution in [0.2, 0.25) is 0 Å². The molecule has 0 saturated carbocycles. The quantitative estimate of drug-likeness (QED) is 0.228. The van der Waals surface area contributed by atoms with Gasteiger partial charge in [0.1, 0.15) is 0 Å². The zero-order valence-corrected chi connectivity index (χ0v) is 9.96. The second-order valence-electron chi connectivity index (χ2n) is 3.69. The standard InChI is InChI=1S/C10H13S.2Li/c1-10(2,3)8-4-6-9(11)7-5-8;;/h4-6,11H,1-3H3;;/q-1;2*+1/p-1. The molecule has 1 aromatic rings. The Labute approximate surface area is 111 Å². The van der Waals surface area contributed by atoms with Crippen molar-refractivity contribution in [2.45, 2.75) is 31.1 Å². The molecular formula is C10H12Li2S. The Hall–Kier alpha value is 0.635. The van der Waals surface area contributed by atoms with Crippen molar-refractivity contribution in [3.63, 3.8) is 0 Å². The number of rotatable bonds is 0. The molecule has 0 radical (unpaired) electrons. The summed E-state index contributed by atoms with van der Waals surface area (Å²) < 4.78 is 0. The van der Waals surface area contributed by atoms with Crippen molar-refractivity contribution in [1.29, 1.82) is 0 Å². The van der Waals surface area contributed by atoms with E-state index in [1.807, 2.05) is 12.1 Å². The fraction of sp³-hybridized carbons (Fsp3) is 0.400. The first-order valence-corrected chi connectivity index (χ1v) is 4.10. The van der Waals surface area contributed by atoms with Crippen molar-refractivity contribution in [1.82, 2.24) is 0 Å². The molecular weight excluding hydrogens is 166 g/mol. The van der Waals surface area contributed by atoms with Crippen molar-refractivity contribution in [3.05, 3.63) is 29.8 Å². The summed E-state index contributed by atoms with van der Waals surface area (Å²) in [6, 6.07) is 8.99. The molecule has 13 heavy (non-hydrogen) atoms. The van der Waals surface area contributed by atoms with Crippen LogP contribution >= 0.6 is 0 Å². The van der Waals surface area contributed by atoms with Gasteiger partial charge in [-0.1, -0.05) is 26.2 Å². The van der Waals surface area contributed by atoms with Gasteiger partial charge in [-0.15, -0.1) is 0 Å². The molecule has 0 atom stereocenters. The van der Waals surface area contributed by atoms with Gasteiger partial charge in [0.2, 0.25) is 0 Å². The summed E-state index contributed by atoms with van der Waals surface area (Å²) in [4.78, 5) is 0.790. The first-order chi connectivity index (χ1) is 5.00. The Morgan fingerprint density at radius 2 is 1.69 bits per heavy atom. The van der Waals surface area contributed by atoms with Crippen LogP contribution in [-0.2, 0) is 18.0 Å². The van der Waals surface area contributed by atoms with Crippen molar-refractivity contribution in [3.8, 4) is 0 Å². The zero-order valence-electron chi connectivity index (χ0n) is 9.14. The Balaban J connectivity index is 0. The van der Waals surface area contributed by atoms with Crippen molar-refractivity contribution >= 4 is 12.6 Å². The van der Waals surface area contributed by atoms with Gasteiger partial charge in [-0.25, -0.2) is 6.07 Å². The summed E-state index contributed by atoms with van der Waals surface area (Å²) in [5.74, 6) is 0. The van der Waals surface area contributed by atoms with Gasteiger partial charge >= 0.3 is 37.7 Å². The predicted octanol–water partition coefficient (Wildman–Crippen LogP) is -3.30. The molecule has 60 valence electrons. The Bertz CT molecular complexity index is 236. The van der Waals surface area contributed by atoms with E-state index < -0.39 is 0 Å². The topological polar surface area (TPSA) is 0 Å². The second kappa shape index (κ2) is 6.18. The maximum absolute atomic E-state index is 4.94. The third kappa shape index (κ3) is 5.16. The monoisotopic (exact) mass is 178 g/mol. The van der Waals surface area contributed by atoms with Crippen LogP contribution in [0.15, 0.2) is 23.1 Å². The molecule has 0 N–H and O–H groups in total. The largest absolute Gasteiger partial charge is 1.00 e. The van der Waals surface area contributed by atoms with Crippen molar-refractivity contribution in [2.24, 2.45) is 0 Å². The van der Waals surface area contributed by atoms with E-state index in [9.17, 15) is 0 Å². The molecule has 3 heteroatoms. The normalized spacial score (nSPS) is 9.77. The van der Waals surface area contributed by atoms with Crippen molar-refractivity contribution < 1.29 is 37.7 Å². The Kier molecular flexibility index (Phi) is 7.64. The van der Waals surface area contributed by atoms with Crippen LogP contribution in [0.5, 0.6) is 0 Å². The van der Waals surface area contributed by atoms with Gasteiger partial charge in [-0.3, -0.25) is 4.90 Å². The van der Waals surface area contributed by atoms with E-state index in [0.29, 0.717) is 0 Å². The number of hydrogen-bond donors (Lipinski definition) is 0. The van der Waals surface area contributed by atoms with Crippen LogP contribution in [0.4, 0.5) is 0 Å². The van der Waals surface area contributed by atoms with Gasteiger partial charge in [0.25, 0.3) is 0 Å². The average Bonchev–Trinajstić information content (AvgIpc) is 1.86. The Morgan fingerprint density at radius 1 is 1.15 bits per heavy atom. The number of hydrogen-bond acceptors (Lipinski definition) is 1. The van der Waals surface area contributed by atoms with E-state index in [2.05, 4.69) is 32.9 Å². The van der Waals surface area contributed by atoms with Gasteiger partial charge in [0, 0.05) is 0 Å². The molecule has 0 aliphatic heterocycles. The third-order valence-electron chi connectivity index (χ3n) is 1.65. The summed E-state index contributed by atoms with van der Waals surface area (Å²) >= 11 is 4.94. The van der Waals surface area contributed by atoms with E-state index >= 15 is 0 Å². The summed E-state index contributed by atoms with van der Waals surface area (Å²) in [7, 11) is 0. The molecule has 0 aliphatic carbocycles. The minimum absolute atomic E-state index is 0. The molecule has 0 heterocycles. The van der Waals surface area contributed by atoms with Crippen LogP contribution in [0.3, 0.4) is 0 Å². The smallest absolute Gasteiger partial charge is 0.806 e. The molecule has 0 spiro atoms. The van der Waals surface area contributed by atoms with E-state index in [1.54, 1.807) is 0 Å². The van der Waals surface area contributed by atoms with Crippen molar-refractivity contribution in [2.75, 3.05) is 0 Å². The fourth-order valence-electron chi connectivity index (χ4n) is 0.877. The maximum atomic E-state index is 4.94. The molecule has 1 rings (SSSR count). The van der Waals surface area contributed by atoms with Gasteiger partial charge in [-0.05, 0) is 0 Å². The molecule has 0 fully saturated rings. The zero-order chi connectivity index (χ0) is 8.48. The second-order valence-corrected chi connectivity index (χ2v) is 4.13. The van der Waals surface area contributed by atoms with Crippen LogP contribution in [0, 0.1) is 6.07 Å². The van der Waals surface area contributed by atoms with E-state index in [-0.39, 0.29) is 43.1 Å². The van der Waals surface area contributed by atoms with Gasteiger partial charge in [0.15, 0.2) is 0 Å². The Morgan fingerprint density at radius 3 is 2.00 bits per heavy atom. The average molecular weight is 178 g/mol. The van der Waals surface area contributed by atoms with E-state index in [1.165, 1.54) is 5.56 Å². The third-order valence-corrected chi connectivity index (χ3v) is 1.90. The molecule has 0 amide bonds. The first-order valence-electron chi connectivity index (χ1n) is 3.69. The maximum Gasteiger partial charge on any atom is 1.00 e. The van der Waals surface area contributed by atoms with Crippen LogP contribution < -0.4 is 37.7 Å². The molecule has 0 saturated heterocycles. The van der Waals surface area contributed by atoms with Crippen LogP contribution in [-0.4, -0.2) is 0 Å². The van der Waals surface area contributed by atoms with E-state index in [0.717, 1.165) is 4.90 Å². The summed E-state index contributed by atoms with van der Waals surface area (Å²) in [5.41, 5.74) is 1.49. The molecule has 0 bridgehead atoms. The molecule has 0 aliphatic rings. The summed E-state index contributed by atoms with van der Waals surface area (Å²) in [6.45, 7) is 6.54. The molecule has 0 nitrogen and oxygen atoms in total. The fourth-order valence-corrected chi connectivity index (χ4v) is 1.00. The van der Waals surface area contributed by atoms with Gasteiger partial charge in [0.05, 0.1) is 0 Å². The number of benzene rings is 1. The summed E-state index contributed by atoms with van der Waals surface area (Å²) in [6.07, 6.45) is 0. The minimum Gasteiger partial charge on any atom is -0.806 e. The van der Waals surface area contributed by atoms with E-state index in [4.69, 9.17) is 12.6 Å². The SMILES string of the molecule is CC(C)(C)c1c[c-]c([S-])cc1.[Li+].[Li+]. The van der Waals surface area contributed by atoms with Gasteiger partial charge < -0.3 is 12.6 Å². The first kappa shape index (κ1) is 16.1. The minimum atomic E-state index is 0. The summed E-state index contributed by atoms with van der Waals surface area (Å²) in [5, 5.41) is 0. The predicted molar refractivity (Wildman–Crippen MR) is 49.6 cm³/mol. The molecule has 0 unspecified atom stereocenters. The molecule has 1 aromatic carbocycles. The van der Waals surface area contributed by atoms with Crippen LogP contribution in [0.1, 0.15) is 26.3 Å². The van der Waals surface area contributed by atoms with Gasteiger partial charge in [-0.2, -0.15) is 23.8 Å². The van der Waals surface area contributed by atoms with Crippen LogP contribution in [0.25, 0.3) is 0 Å².